The summed E-state index contributed by atoms with van der Waals surface area (Å²) in [5.74, 6) is 2.01. The van der Waals surface area contributed by atoms with Gasteiger partial charge in [0, 0.05) is 19.0 Å². The minimum absolute atomic E-state index is 0.194. The van der Waals surface area contributed by atoms with Crippen molar-refractivity contribution < 1.29 is 9.52 Å². The van der Waals surface area contributed by atoms with Crippen molar-refractivity contribution >= 4 is 0 Å². The van der Waals surface area contributed by atoms with E-state index in [1.807, 2.05) is 12.1 Å². The van der Waals surface area contributed by atoms with Crippen molar-refractivity contribution in [3.05, 3.63) is 23.7 Å². The van der Waals surface area contributed by atoms with Crippen LogP contribution in [-0.2, 0) is 13.0 Å². The number of aliphatic hydroxyl groups is 1. The Morgan fingerprint density at radius 2 is 2.00 bits per heavy atom. The summed E-state index contributed by atoms with van der Waals surface area (Å²) in [6.45, 7) is 7.99. The first kappa shape index (κ1) is 12.3. The number of nitrogens with zero attached hydrogens (tertiary/aromatic N) is 1. The molecular formula is C12H21NO2. The van der Waals surface area contributed by atoms with Gasteiger partial charge in [-0.2, -0.15) is 0 Å². The summed E-state index contributed by atoms with van der Waals surface area (Å²) in [5.41, 5.74) is 0. The fraction of sp³-hybridized carbons (Fsp3) is 0.667. The first-order valence-corrected chi connectivity index (χ1v) is 5.59. The van der Waals surface area contributed by atoms with Crippen molar-refractivity contribution in [2.75, 3.05) is 13.2 Å². The number of furan rings is 1. The lowest BCUT2D eigenvalue weighted by molar-refractivity contribution is 0.149. The molecule has 86 valence electrons. The van der Waals surface area contributed by atoms with Gasteiger partial charge in [-0.25, -0.2) is 0 Å². The Labute approximate surface area is 91.7 Å². The molecule has 3 heteroatoms. The summed E-state index contributed by atoms with van der Waals surface area (Å²) < 4.78 is 5.64. The van der Waals surface area contributed by atoms with Crippen LogP contribution in [0.2, 0.25) is 0 Å². The van der Waals surface area contributed by atoms with Gasteiger partial charge in [0.15, 0.2) is 0 Å². The van der Waals surface area contributed by atoms with Crippen LogP contribution in [0.15, 0.2) is 16.5 Å². The van der Waals surface area contributed by atoms with E-state index in [-0.39, 0.29) is 6.61 Å². The molecule has 0 aliphatic heterocycles. The number of rotatable bonds is 6. The molecule has 3 nitrogen and oxygen atoms in total. The fourth-order valence-electron chi connectivity index (χ4n) is 1.55. The van der Waals surface area contributed by atoms with E-state index in [1.54, 1.807) is 0 Å². The van der Waals surface area contributed by atoms with Crippen LogP contribution < -0.4 is 0 Å². The second-order valence-electron chi connectivity index (χ2n) is 4.01. The van der Waals surface area contributed by atoms with E-state index in [0.29, 0.717) is 12.6 Å². The van der Waals surface area contributed by atoms with Crippen molar-refractivity contribution in [3.63, 3.8) is 0 Å². The number of aryl methyl sites for hydroxylation is 1. The van der Waals surface area contributed by atoms with Gasteiger partial charge in [0.2, 0.25) is 0 Å². The summed E-state index contributed by atoms with van der Waals surface area (Å²) in [7, 11) is 0. The van der Waals surface area contributed by atoms with Crippen LogP contribution in [0.4, 0.5) is 0 Å². The Hall–Kier alpha value is -0.800. The maximum atomic E-state index is 8.94. The maximum Gasteiger partial charge on any atom is 0.118 e. The highest BCUT2D eigenvalue weighted by atomic mass is 16.3. The molecule has 0 saturated carbocycles. The van der Waals surface area contributed by atoms with Crippen LogP contribution in [0, 0.1) is 0 Å². The second-order valence-corrected chi connectivity index (χ2v) is 4.01. The molecule has 0 unspecified atom stereocenters. The van der Waals surface area contributed by atoms with E-state index in [2.05, 4.69) is 25.7 Å². The van der Waals surface area contributed by atoms with Gasteiger partial charge in [-0.3, -0.25) is 4.90 Å². The van der Waals surface area contributed by atoms with E-state index in [0.717, 1.165) is 24.5 Å². The summed E-state index contributed by atoms with van der Waals surface area (Å²) in [6, 6.07) is 4.46. The number of aliphatic hydroxyl groups excluding tert-OH is 1. The average Bonchev–Trinajstić information content (AvgIpc) is 2.65. The zero-order valence-electron chi connectivity index (χ0n) is 9.86. The van der Waals surface area contributed by atoms with Crippen LogP contribution in [0.5, 0.6) is 0 Å². The second kappa shape index (κ2) is 5.93. The third-order valence-electron chi connectivity index (χ3n) is 2.54. The molecule has 0 saturated heterocycles. The van der Waals surface area contributed by atoms with Gasteiger partial charge < -0.3 is 9.52 Å². The highest BCUT2D eigenvalue weighted by molar-refractivity contribution is 5.07. The SMILES string of the molecule is CCc1ccc(CN(CCO)C(C)C)o1. The lowest BCUT2D eigenvalue weighted by Gasteiger charge is -2.24. The summed E-state index contributed by atoms with van der Waals surface area (Å²) in [4.78, 5) is 2.19. The van der Waals surface area contributed by atoms with Gasteiger partial charge in [0.1, 0.15) is 11.5 Å². The molecule has 0 aromatic carbocycles. The number of hydrogen-bond donors (Lipinski definition) is 1. The summed E-state index contributed by atoms with van der Waals surface area (Å²) in [5, 5.41) is 8.94. The smallest absolute Gasteiger partial charge is 0.118 e. The molecule has 0 spiro atoms. The molecule has 1 heterocycles. The van der Waals surface area contributed by atoms with E-state index in [1.165, 1.54) is 0 Å². The molecule has 1 rings (SSSR count). The first-order valence-electron chi connectivity index (χ1n) is 5.59. The zero-order valence-corrected chi connectivity index (χ0v) is 9.86. The van der Waals surface area contributed by atoms with E-state index in [9.17, 15) is 0 Å². The molecule has 1 aromatic rings. The predicted octanol–water partition coefficient (Wildman–Crippen LogP) is 2.04. The average molecular weight is 211 g/mol. The van der Waals surface area contributed by atoms with Gasteiger partial charge in [-0.05, 0) is 26.0 Å². The lowest BCUT2D eigenvalue weighted by Crippen LogP contribution is -2.32. The topological polar surface area (TPSA) is 36.6 Å². The highest BCUT2D eigenvalue weighted by Gasteiger charge is 2.11. The van der Waals surface area contributed by atoms with E-state index in [4.69, 9.17) is 9.52 Å². The van der Waals surface area contributed by atoms with Gasteiger partial charge in [0.05, 0.1) is 13.2 Å². The van der Waals surface area contributed by atoms with Gasteiger partial charge in [-0.15, -0.1) is 0 Å². The summed E-state index contributed by atoms with van der Waals surface area (Å²) in [6.07, 6.45) is 0.932. The predicted molar refractivity (Wildman–Crippen MR) is 60.7 cm³/mol. The Bertz CT molecular complexity index is 281. The third kappa shape index (κ3) is 3.68. The fourth-order valence-corrected chi connectivity index (χ4v) is 1.55. The van der Waals surface area contributed by atoms with Crippen LogP contribution in [0.1, 0.15) is 32.3 Å². The van der Waals surface area contributed by atoms with Gasteiger partial charge >= 0.3 is 0 Å². The highest BCUT2D eigenvalue weighted by Crippen LogP contribution is 2.12. The molecular weight excluding hydrogens is 190 g/mol. The molecule has 0 radical (unpaired) electrons. The van der Waals surface area contributed by atoms with Crippen LogP contribution in [0.25, 0.3) is 0 Å². The standard InChI is InChI=1S/C12H21NO2/c1-4-11-5-6-12(15-11)9-13(7-8-14)10(2)3/h5-6,10,14H,4,7-9H2,1-3H3. The molecule has 15 heavy (non-hydrogen) atoms. The monoisotopic (exact) mass is 211 g/mol. The minimum Gasteiger partial charge on any atom is -0.465 e. The van der Waals surface area contributed by atoms with E-state index >= 15 is 0 Å². The van der Waals surface area contributed by atoms with Crippen molar-refractivity contribution in [2.45, 2.75) is 39.8 Å². The normalized spacial score (nSPS) is 11.6. The van der Waals surface area contributed by atoms with E-state index < -0.39 is 0 Å². The van der Waals surface area contributed by atoms with Crippen LogP contribution in [-0.4, -0.2) is 29.2 Å². The molecule has 0 atom stereocenters. The minimum atomic E-state index is 0.194. The van der Waals surface area contributed by atoms with Crippen LogP contribution >= 0.6 is 0 Å². The maximum absolute atomic E-state index is 8.94. The molecule has 1 N–H and O–H groups in total. The molecule has 1 aromatic heterocycles. The van der Waals surface area contributed by atoms with Gasteiger partial charge in [-0.1, -0.05) is 6.92 Å². The molecule has 0 aliphatic rings. The van der Waals surface area contributed by atoms with Crippen molar-refractivity contribution in [1.82, 2.24) is 4.90 Å². The zero-order chi connectivity index (χ0) is 11.3. The molecule has 0 amide bonds. The van der Waals surface area contributed by atoms with Crippen LogP contribution in [0.3, 0.4) is 0 Å². The Kier molecular flexibility index (Phi) is 4.85. The lowest BCUT2D eigenvalue weighted by atomic mass is 10.3. The van der Waals surface area contributed by atoms with Crippen molar-refractivity contribution in [1.29, 1.82) is 0 Å². The van der Waals surface area contributed by atoms with Crippen molar-refractivity contribution in [3.8, 4) is 0 Å². The van der Waals surface area contributed by atoms with Gasteiger partial charge in [0.25, 0.3) is 0 Å². The molecule has 0 bridgehead atoms. The number of hydrogen-bond acceptors (Lipinski definition) is 3. The quantitative estimate of drug-likeness (QED) is 0.782. The Balaban J connectivity index is 2.57. The first-order chi connectivity index (χ1) is 7.17. The molecule has 0 aliphatic carbocycles. The summed E-state index contributed by atoms with van der Waals surface area (Å²) >= 11 is 0. The largest absolute Gasteiger partial charge is 0.465 e. The van der Waals surface area contributed by atoms with Crippen molar-refractivity contribution in [2.24, 2.45) is 0 Å². The Morgan fingerprint density at radius 1 is 1.33 bits per heavy atom. The Morgan fingerprint density at radius 3 is 2.47 bits per heavy atom. The molecule has 0 fully saturated rings. The third-order valence-corrected chi connectivity index (χ3v) is 2.54.